The standard InChI is InChI=1S/C13H16ClF3N2O/c14-10-3-1-2-9(12(10)20)11(8-13(15,16)17)19-6-4-18-5-7-19/h1-3,11,18,20H,4-8H2/t11-/m1/s1. The van der Waals surface area contributed by atoms with Gasteiger partial charge in [-0.1, -0.05) is 23.7 Å². The summed E-state index contributed by atoms with van der Waals surface area (Å²) >= 11 is 5.81. The largest absolute Gasteiger partial charge is 0.506 e. The van der Waals surface area contributed by atoms with Crippen molar-refractivity contribution in [2.24, 2.45) is 0 Å². The third-order valence-corrected chi connectivity index (χ3v) is 3.70. The van der Waals surface area contributed by atoms with Crippen LogP contribution in [0.25, 0.3) is 0 Å². The summed E-state index contributed by atoms with van der Waals surface area (Å²) in [5, 5.41) is 13.1. The number of hydrogen-bond donors (Lipinski definition) is 2. The van der Waals surface area contributed by atoms with Crippen molar-refractivity contribution in [2.75, 3.05) is 26.2 Å². The summed E-state index contributed by atoms with van der Waals surface area (Å²) in [5.41, 5.74) is 0.233. The van der Waals surface area contributed by atoms with Gasteiger partial charge in [-0.05, 0) is 6.07 Å². The number of nitrogens with zero attached hydrogens (tertiary/aromatic N) is 1. The van der Waals surface area contributed by atoms with Gasteiger partial charge in [-0.2, -0.15) is 13.2 Å². The molecule has 1 aromatic rings. The van der Waals surface area contributed by atoms with Crippen molar-refractivity contribution >= 4 is 11.6 Å². The van der Waals surface area contributed by atoms with Crippen molar-refractivity contribution in [1.82, 2.24) is 10.2 Å². The molecule has 3 nitrogen and oxygen atoms in total. The topological polar surface area (TPSA) is 35.5 Å². The van der Waals surface area contributed by atoms with E-state index in [0.29, 0.717) is 26.2 Å². The number of nitrogens with one attached hydrogen (secondary N) is 1. The number of phenolic OH excluding ortho intramolecular Hbond substituents is 1. The number of alkyl halides is 3. The Bertz CT molecular complexity index is 461. The number of rotatable bonds is 3. The van der Waals surface area contributed by atoms with E-state index in [9.17, 15) is 18.3 Å². The molecule has 2 rings (SSSR count). The fourth-order valence-electron chi connectivity index (χ4n) is 2.45. The lowest BCUT2D eigenvalue weighted by Gasteiger charge is -2.36. The SMILES string of the molecule is Oc1c(Cl)cccc1[C@@H](CC(F)(F)F)N1CCNCC1. The Morgan fingerprint density at radius 3 is 2.55 bits per heavy atom. The van der Waals surface area contributed by atoms with Gasteiger partial charge in [0, 0.05) is 37.8 Å². The van der Waals surface area contributed by atoms with Crippen molar-refractivity contribution < 1.29 is 18.3 Å². The van der Waals surface area contributed by atoms with Crippen LogP contribution >= 0.6 is 11.6 Å². The molecule has 0 unspecified atom stereocenters. The van der Waals surface area contributed by atoms with Gasteiger partial charge in [0.05, 0.1) is 11.4 Å². The number of piperazine rings is 1. The van der Waals surface area contributed by atoms with E-state index in [1.54, 1.807) is 11.0 Å². The number of halogens is 4. The maximum Gasteiger partial charge on any atom is 0.390 e. The van der Waals surface area contributed by atoms with E-state index in [2.05, 4.69) is 5.32 Å². The number of hydrogen-bond acceptors (Lipinski definition) is 3. The lowest BCUT2D eigenvalue weighted by atomic mass is 9.99. The van der Waals surface area contributed by atoms with Gasteiger partial charge in [0.15, 0.2) is 0 Å². The molecule has 0 radical (unpaired) electrons. The average Bonchev–Trinajstić information content (AvgIpc) is 2.40. The van der Waals surface area contributed by atoms with Gasteiger partial charge in [-0.3, -0.25) is 4.90 Å². The molecule has 0 aliphatic carbocycles. The first kappa shape index (κ1) is 15.4. The van der Waals surface area contributed by atoms with E-state index in [4.69, 9.17) is 11.6 Å². The predicted octanol–water partition coefficient (Wildman–Crippen LogP) is 2.94. The Morgan fingerprint density at radius 1 is 1.30 bits per heavy atom. The quantitative estimate of drug-likeness (QED) is 0.901. The van der Waals surface area contributed by atoms with Gasteiger partial charge in [0.1, 0.15) is 5.75 Å². The first-order valence-electron chi connectivity index (χ1n) is 6.37. The minimum absolute atomic E-state index is 0.0739. The molecule has 1 saturated heterocycles. The molecule has 1 aliphatic rings. The zero-order valence-corrected chi connectivity index (χ0v) is 11.5. The molecule has 1 atom stereocenters. The van der Waals surface area contributed by atoms with Crippen molar-refractivity contribution in [2.45, 2.75) is 18.6 Å². The van der Waals surface area contributed by atoms with Crippen molar-refractivity contribution in [3.63, 3.8) is 0 Å². The lowest BCUT2D eigenvalue weighted by Crippen LogP contribution is -2.46. The Hall–Kier alpha value is -0.980. The van der Waals surface area contributed by atoms with Crippen LogP contribution in [0.2, 0.25) is 5.02 Å². The molecule has 0 saturated carbocycles. The smallest absolute Gasteiger partial charge is 0.390 e. The monoisotopic (exact) mass is 308 g/mol. The summed E-state index contributed by atoms with van der Waals surface area (Å²) in [6.45, 7) is 2.28. The van der Waals surface area contributed by atoms with E-state index in [-0.39, 0.29) is 16.3 Å². The van der Waals surface area contributed by atoms with E-state index in [1.165, 1.54) is 12.1 Å². The van der Waals surface area contributed by atoms with Crippen LogP contribution in [0.5, 0.6) is 5.75 Å². The van der Waals surface area contributed by atoms with E-state index in [1.807, 2.05) is 0 Å². The molecule has 1 aliphatic heterocycles. The summed E-state index contributed by atoms with van der Waals surface area (Å²) < 4.78 is 38.5. The van der Waals surface area contributed by atoms with Crippen LogP contribution in [-0.2, 0) is 0 Å². The van der Waals surface area contributed by atoms with Crippen LogP contribution < -0.4 is 5.32 Å². The number of aromatic hydroxyl groups is 1. The molecule has 2 N–H and O–H groups in total. The number of benzene rings is 1. The van der Waals surface area contributed by atoms with Gasteiger partial charge in [-0.15, -0.1) is 0 Å². The second kappa shape index (κ2) is 6.20. The molecule has 0 spiro atoms. The molecule has 1 heterocycles. The van der Waals surface area contributed by atoms with E-state index < -0.39 is 18.6 Å². The van der Waals surface area contributed by atoms with Crippen LogP contribution in [0.4, 0.5) is 13.2 Å². The summed E-state index contributed by atoms with van der Waals surface area (Å²) in [4.78, 5) is 1.73. The second-order valence-corrected chi connectivity index (χ2v) is 5.21. The molecule has 112 valence electrons. The highest BCUT2D eigenvalue weighted by Crippen LogP contribution is 2.40. The first-order valence-corrected chi connectivity index (χ1v) is 6.75. The maximum atomic E-state index is 12.8. The van der Waals surface area contributed by atoms with Gasteiger partial charge in [0.25, 0.3) is 0 Å². The molecular weight excluding hydrogens is 293 g/mol. The van der Waals surface area contributed by atoms with Gasteiger partial charge < -0.3 is 10.4 Å². The maximum absolute atomic E-state index is 12.8. The van der Waals surface area contributed by atoms with Gasteiger partial charge in [0.2, 0.25) is 0 Å². The summed E-state index contributed by atoms with van der Waals surface area (Å²) in [5.74, 6) is -0.262. The molecule has 0 amide bonds. The summed E-state index contributed by atoms with van der Waals surface area (Å²) in [7, 11) is 0. The highest BCUT2D eigenvalue weighted by molar-refractivity contribution is 6.32. The van der Waals surface area contributed by atoms with Crippen LogP contribution in [-0.4, -0.2) is 42.4 Å². The second-order valence-electron chi connectivity index (χ2n) is 4.80. The Labute approximate surface area is 120 Å². The number of phenols is 1. The molecule has 7 heteroatoms. The normalized spacial score (nSPS) is 19.0. The third kappa shape index (κ3) is 3.77. The molecule has 1 aromatic carbocycles. The Morgan fingerprint density at radius 2 is 1.95 bits per heavy atom. The van der Waals surface area contributed by atoms with Crippen LogP contribution in [0.15, 0.2) is 18.2 Å². The summed E-state index contributed by atoms with van der Waals surface area (Å²) in [6.07, 6.45) is -5.30. The molecule has 0 aromatic heterocycles. The highest BCUT2D eigenvalue weighted by Gasteiger charge is 2.37. The molecule has 20 heavy (non-hydrogen) atoms. The van der Waals surface area contributed by atoms with Crippen molar-refractivity contribution in [3.05, 3.63) is 28.8 Å². The first-order chi connectivity index (χ1) is 9.38. The minimum atomic E-state index is -4.30. The van der Waals surface area contributed by atoms with Crippen LogP contribution in [0.1, 0.15) is 18.0 Å². The van der Waals surface area contributed by atoms with Crippen LogP contribution in [0.3, 0.4) is 0 Å². The third-order valence-electron chi connectivity index (χ3n) is 3.39. The van der Waals surface area contributed by atoms with Gasteiger partial charge >= 0.3 is 6.18 Å². The van der Waals surface area contributed by atoms with Gasteiger partial charge in [-0.25, -0.2) is 0 Å². The zero-order chi connectivity index (χ0) is 14.8. The molecule has 0 bridgehead atoms. The fourth-order valence-corrected chi connectivity index (χ4v) is 2.63. The predicted molar refractivity (Wildman–Crippen MR) is 71.0 cm³/mol. The van der Waals surface area contributed by atoms with E-state index >= 15 is 0 Å². The lowest BCUT2D eigenvalue weighted by molar-refractivity contribution is -0.148. The Balaban J connectivity index is 2.32. The Kier molecular flexibility index (Phi) is 4.78. The number of para-hydroxylation sites is 1. The van der Waals surface area contributed by atoms with Crippen molar-refractivity contribution in [3.8, 4) is 5.75 Å². The summed E-state index contributed by atoms with van der Waals surface area (Å²) in [6, 6.07) is 3.61. The van der Waals surface area contributed by atoms with Crippen LogP contribution in [0, 0.1) is 0 Å². The zero-order valence-electron chi connectivity index (χ0n) is 10.8. The molecular formula is C13H16ClF3N2O. The minimum Gasteiger partial charge on any atom is -0.506 e. The molecule has 1 fully saturated rings. The van der Waals surface area contributed by atoms with E-state index in [0.717, 1.165) is 0 Å². The van der Waals surface area contributed by atoms with Crippen molar-refractivity contribution in [1.29, 1.82) is 0 Å². The fraction of sp³-hybridized carbons (Fsp3) is 0.538. The highest BCUT2D eigenvalue weighted by atomic mass is 35.5. The average molecular weight is 309 g/mol.